The maximum atomic E-state index is 10.3. The standard InChI is InChI=1S/C15H23ClN2O2/c1-18(2)7-3-6-17-12-9-14(19)13-8-11(16)4-5-15(13)20-10-12/h4-5,8,12,14,17,19H,3,6-7,9-10H2,1-2H3/t12-,14+/m0/s1. The first-order valence-electron chi connectivity index (χ1n) is 7.04. The van der Waals surface area contributed by atoms with Gasteiger partial charge in [0.05, 0.1) is 6.10 Å². The van der Waals surface area contributed by atoms with Crippen molar-refractivity contribution in [3.63, 3.8) is 0 Å². The third-order valence-corrected chi connectivity index (χ3v) is 3.73. The highest BCUT2D eigenvalue weighted by Crippen LogP contribution is 2.33. The summed E-state index contributed by atoms with van der Waals surface area (Å²) >= 11 is 5.98. The molecule has 0 spiro atoms. The molecule has 0 saturated heterocycles. The van der Waals surface area contributed by atoms with E-state index in [9.17, 15) is 5.11 Å². The quantitative estimate of drug-likeness (QED) is 0.817. The van der Waals surface area contributed by atoms with Crippen molar-refractivity contribution in [3.05, 3.63) is 28.8 Å². The summed E-state index contributed by atoms with van der Waals surface area (Å²) in [7, 11) is 4.14. The van der Waals surface area contributed by atoms with Crippen LogP contribution in [-0.4, -0.2) is 49.8 Å². The molecular formula is C15H23ClN2O2. The van der Waals surface area contributed by atoms with E-state index in [2.05, 4.69) is 24.3 Å². The van der Waals surface area contributed by atoms with Gasteiger partial charge in [0, 0.05) is 16.6 Å². The number of nitrogens with one attached hydrogen (secondary N) is 1. The average Bonchev–Trinajstić information content (AvgIpc) is 2.55. The second-order valence-electron chi connectivity index (χ2n) is 5.55. The van der Waals surface area contributed by atoms with Crippen LogP contribution in [0.3, 0.4) is 0 Å². The van der Waals surface area contributed by atoms with Gasteiger partial charge in [0.2, 0.25) is 0 Å². The maximum absolute atomic E-state index is 10.3. The van der Waals surface area contributed by atoms with Gasteiger partial charge < -0.3 is 20.1 Å². The molecule has 2 atom stereocenters. The summed E-state index contributed by atoms with van der Waals surface area (Å²) in [5.74, 6) is 0.736. The van der Waals surface area contributed by atoms with E-state index in [0.717, 1.165) is 30.8 Å². The molecule has 1 aromatic rings. The first-order valence-corrected chi connectivity index (χ1v) is 7.42. The molecule has 0 saturated carbocycles. The van der Waals surface area contributed by atoms with Crippen molar-refractivity contribution in [3.8, 4) is 5.75 Å². The number of rotatable bonds is 5. The van der Waals surface area contributed by atoms with Crippen LogP contribution < -0.4 is 10.1 Å². The second kappa shape index (κ2) is 7.27. The van der Waals surface area contributed by atoms with Gasteiger partial charge in [0.15, 0.2) is 0 Å². The Kier molecular flexibility index (Phi) is 5.66. The van der Waals surface area contributed by atoms with E-state index >= 15 is 0 Å². The van der Waals surface area contributed by atoms with E-state index in [-0.39, 0.29) is 6.04 Å². The van der Waals surface area contributed by atoms with Crippen LogP contribution in [0.25, 0.3) is 0 Å². The minimum atomic E-state index is -0.530. The third-order valence-electron chi connectivity index (χ3n) is 3.49. The number of halogens is 1. The highest BCUT2D eigenvalue weighted by atomic mass is 35.5. The monoisotopic (exact) mass is 298 g/mol. The predicted octanol–water partition coefficient (Wildman–Crippen LogP) is 2.07. The molecule has 0 fully saturated rings. The number of ether oxygens (including phenoxy) is 1. The number of aliphatic hydroxyl groups is 1. The molecule has 0 aliphatic carbocycles. The number of benzene rings is 1. The Balaban J connectivity index is 1.89. The second-order valence-corrected chi connectivity index (χ2v) is 5.99. The van der Waals surface area contributed by atoms with E-state index in [1.807, 2.05) is 6.07 Å². The minimum absolute atomic E-state index is 0.165. The summed E-state index contributed by atoms with van der Waals surface area (Å²) in [4.78, 5) is 2.16. The van der Waals surface area contributed by atoms with Crippen molar-refractivity contribution < 1.29 is 9.84 Å². The molecule has 0 unspecified atom stereocenters. The number of aliphatic hydroxyl groups excluding tert-OH is 1. The maximum Gasteiger partial charge on any atom is 0.125 e. The zero-order valence-corrected chi connectivity index (χ0v) is 12.9. The largest absolute Gasteiger partial charge is 0.492 e. The smallest absolute Gasteiger partial charge is 0.125 e. The van der Waals surface area contributed by atoms with Gasteiger partial charge in [0.25, 0.3) is 0 Å². The number of nitrogens with zero attached hydrogens (tertiary/aromatic N) is 1. The molecule has 1 aliphatic rings. The molecule has 4 nitrogen and oxygen atoms in total. The molecule has 1 heterocycles. The molecular weight excluding hydrogens is 276 g/mol. The van der Waals surface area contributed by atoms with Gasteiger partial charge in [-0.1, -0.05) is 11.6 Å². The van der Waals surface area contributed by atoms with Crippen molar-refractivity contribution >= 4 is 11.6 Å². The highest BCUT2D eigenvalue weighted by Gasteiger charge is 2.24. The van der Waals surface area contributed by atoms with Crippen LogP contribution in [0.1, 0.15) is 24.5 Å². The summed E-state index contributed by atoms with van der Waals surface area (Å²) < 4.78 is 5.77. The lowest BCUT2D eigenvalue weighted by Crippen LogP contribution is -2.36. The zero-order valence-electron chi connectivity index (χ0n) is 12.1. The fraction of sp³-hybridized carbons (Fsp3) is 0.600. The Morgan fingerprint density at radius 1 is 1.45 bits per heavy atom. The molecule has 5 heteroatoms. The molecule has 112 valence electrons. The Labute approximate surface area is 125 Å². The van der Waals surface area contributed by atoms with Gasteiger partial charge in [-0.2, -0.15) is 0 Å². The van der Waals surface area contributed by atoms with Gasteiger partial charge in [-0.05, 0) is 58.2 Å². The minimum Gasteiger partial charge on any atom is -0.492 e. The van der Waals surface area contributed by atoms with E-state index in [4.69, 9.17) is 16.3 Å². The molecule has 2 rings (SSSR count). The van der Waals surface area contributed by atoms with Gasteiger partial charge >= 0.3 is 0 Å². The fourth-order valence-electron chi connectivity index (χ4n) is 2.41. The van der Waals surface area contributed by atoms with Crippen molar-refractivity contribution in [2.24, 2.45) is 0 Å². The van der Waals surface area contributed by atoms with Crippen LogP contribution in [0.2, 0.25) is 5.02 Å². The summed E-state index contributed by atoms with van der Waals surface area (Å²) in [5.41, 5.74) is 0.787. The fourth-order valence-corrected chi connectivity index (χ4v) is 2.59. The third kappa shape index (κ3) is 4.35. The molecule has 0 bridgehead atoms. The van der Waals surface area contributed by atoms with Crippen LogP contribution in [0.4, 0.5) is 0 Å². The van der Waals surface area contributed by atoms with E-state index in [1.54, 1.807) is 12.1 Å². The van der Waals surface area contributed by atoms with E-state index in [1.165, 1.54) is 0 Å². The lowest BCUT2D eigenvalue weighted by molar-refractivity contribution is 0.151. The van der Waals surface area contributed by atoms with Gasteiger partial charge in [-0.25, -0.2) is 0 Å². The molecule has 0 radical (unpaired) electrons. The first-order chi connectivity index (χ1) is 9.56. The van der Waals surface area contributed by atoms with Crippen molar-refractivity contribution in [1.29, 1.82) is 0 Å². The molecule has 0 amide bonds. The Bertz CT molecular complexity index is 440. The Morgan fingerprint density at radius 3 is 3.00 bits per heavy atom. The number of hydrogen-bond acceptors (Lipinski definition) is 4. The van der Waals surface area contributed by atoms with E-state index in [0.29, 0.717) is 18.1 Å². The Morgan fingerprint density at radius 2 is 2.25 bits per heavy atom. The molecule has 0 aromatic heterocycles. The van der Waals surface area contributed by atoms with Crippen LogP contribution in [0.5, 0.6) is 5.75 Å². The van der Waals surface area contributed by atoms with Gasteiger partial charge in [-0.3, -0.25) is 0 Å². The number of hydrogen-bond donors (Lipinski definition) is 2. The van der Waals surface area contributed by atoms with Crippen molar-refractivity contribution in [1.82, 2.24) is 10.2 Å². The van der Waals surface area contributed by atoms with Crippen molar-refractivity contribution in [2.45, 2.75) is 25.0 Å². The number of fused-ring (bicyclic) bond motifs is 1. The van der Waals surface area contributed by atoms with Crippen LogP contribution in [0.15, 0.2) is 18.2 Å². The van der Waals surface area contributed by atoms with E-state index < -0.39 is 6.10 Å². The molecule has 1 aliphatic heterocycles. The lowest BCUT2D eigenvalue weighted by atomic mass is 10.0. The summed E-state index contributed by atoms with van der Waals surface area (Å²) in [6.45, 7) is 2.56. The topological polar surface area (TPSA) is 44.7 Å². The van der Waals surface area contributed by atoms with Crippen LogP contribution >= 0.6 is 11.6 Å². The van der Waals surface area contributed by atoms with Gasteiger partial charge in [-0.15, -0.1) is 0 Å². The lowest BCUT2D eigenvalue weighted by Gasteiger charge is -2.18. The zero-order chi connectivity index (χ0) is 14.5. The normalized spacial score (nSPS) is 22.2. The SMILES string of the molecule is CN(C)CCCN[C@@H]1COc2ccc(Cl)cc2[C@H](O)C1. The Hall–Kier alpha value is -0.810. The van der Waals surface area contributed by atoms with Crippen LogP contribution in [-0.2, 0) is 0 Å². The molecule has 20 heavy (non-hydrogen) atoms. The summed E-state index contributed by atoms with van der Waals surface area (Å²) in [6.07, 6.45) is 1.20. The molecule has 1 aromatic carbocycles. The van der Waals surface area contributed by atoms with Crippen LogP contribution in [0, 0.1) is 0 Å². The predicted molar refractivity (Wildman–Crippen MR) is 81.5 cm³/mol. The first kappa shape index (κ1) is 15.6. The highest BCUT2D eigenvalue weighted by molar-refractivity contribution is 6.30. The average molecular weight is 299 g/mol. The summed E-state index contributed by atoms with van der Waals surface area (Å²) in [6, 6.07) is 5.57. The summed E-state index contributed by atoms with van der Waals surface area (Å²) in [5, 5.41) is 14.4. The molecule has 2 N–H and O–H groups in total. The van der Waals surface area contributed by atoms with Gasteiger partial charge in [0.1, 0.15) is 12.4 Å². The van der Waals surface area contributed by atoms with Crippen molar-refractivity contribution in [2.75, 3.05) is 33.8 Å².